The van der Waals surface area contributed by atoms with Crippen molar-refractivity contribution < 1.29 is 56.3 Å². The number of nitrogens with two attached hydrogens (primary N) is 1. The number of pyridine rings is 4. The number of ketones is 3. The largest absolute Gasteiger partial charge is 0.493 e. The van der Waals surface area contributed by atoms with Gasteiger partial charge >= 0.3 is 0 Å². The zero-order chi connectivity index (χ0) is 99.9. The third-order valence-corrected chi connectivity index (χ3v) is 20.0. The van der Waals surface area contributed by atoms with Crippen molar-refractivity contribution in [1.82, 2.24) is 49.8 Å². The first-order valence-corrected chi connectivity index (χ1v) is 46.9. The Morgan fingerprint density at radius 1 is 0.612 bits per heavy atom. The number of aryl methyl sites for hydroxylation is 4. The van der Waals surface area contributed by atoms with Gasteiger partial charge < -0.3 is 44.0 Å². The molecule has 0 saturated heterocycles. The normalized spacial score (nSPS) is 11.1. The summed E-state index contributed by atoms with van der Waals surface area (Å²) in [5.41, 5.74) is 10.4. The number of benzene rings is 1. The van der Waals surface area contributed by atoms with E-state index in [1.54, 1.807) is 101 Å². The van der Waals surface area contributed by atoms with Crippen molar-refractivity contribution in [3.05, 3.63) is 198 Å². The molecule has 3 atom stereocenters. The highest BCUT2D eigenvalue weighted by atomic mass is 32.1. The van der Waals surface area contributed by atoms with Crippen LogP contribution in [0.2, 0.25) is 0 Å². The molecule has 0 radical (unpaired) electrons. The molecule has 0 saturated carbocycles. The Labute approximate surface area is 784 Å². The van der Waals surface area contributed by atoms with Crippen LogP contribution in [0, 0.1) is 97.6 Å². The highest BCUT2D eigenvalue weighted by Crippen LogP contribution is 2.31. The van der Waals surface area contributed by atoms with E-state index in [9.17, 15) is 42.3 Å². The van der Waals surface area contributed by atoms with Gasteiger partial charge in [0.25, 0.3) is 5.56 Å². The molecule has 22 nitrogen and oxygen atoms in total. The Bertz CT molecular complexity index is 4300. The van der Waals surface area contributed by atoms with E-state index in [-0.39, 0.29) is 58.4 Å². The van der Waals surface area contributed by atoms with E-state index >= 15 is 0 Å². The number of ether oxygens (including phenoxy) is 3. The number of methoxy groups -OCH3 is 2. The van der Waals surface area contributed by atoms with Crippen molar-refractivity contribution in [3.8, 4) is 17.2 Å². The Hall–Kier alpha value is -9.56. The number of nitrogens with zero attached hydrogens (tertiary/aromatic N) is 9. The maximum atomic E-state index is 12.9. The number of alkyl halides is 1. The van der Waals surface area contributed by atoms with Crippen molar-refractivity contribution in [3.63, 3.8) is 0 Å². The van der Waals surface area contributed by atoms with Gasteiger partial charge in [-0.05, 0) is 178 Å². The molecule has 0 fully saturated rings. The van der Waals surface area contributed by atoms with Gasteiger partial charge in [0.15, 0.2) is 28.9 Å². The molecule has 3 unspecified atom stereocenters. The van der Waals surface area contributed by atoms with Crippen LogP contribution in [0.4, 0.5) is 8.78 Å². The molecule has 7 heterocycles. The molecule has 3 amide bonds. The van der Waals surface area contributed by atoms with Gasteiger partial charge in [0.05, 0.1) is 45.9 Å². The quantitative estimate of drug-likeness (QED) is 0.0301. The second-order valence-corrected chi connectivity index (χ2v) is 38.7. The van der Waals surface area contributed by atoms with Gasteiger partial charge in [-0.3, -0.25) is 43.7 Å². The van der Waals surface area contributed by atoms with E-state index in [4.69, 9.17) is 24.5 Å². The molecular formula is C103H167F2N11O11S2. The van der Waals surface area contributed by atoms with Crippen LogP contribution in [0.5, 0.6) is 17.2 Å². The Morgan fingerprint density at radius 2 is 1.13 bits per heavy atom. The fraction of sp³-hybridized carbons (Fsp3) is 0.592. The molecule has 8 aromatic rings. The van der Waals surface area contributed by atoms with Crippen LogP contribution >= 0.6 is 22.7 Å². The number of hydrogen-bond donors (Lipinski definition) is 2. The van der Waals surface area contributed by atoms with E-state index in [1.165, 1.54) is 41.2 Å². The average molecular weight is 1840 g/mol. The molecule has 0 aliphatic carbocycles. The number of amides is 3. The smallest absolute Gasteiger partial charge is 0.250 e. The first-order valence-electron chi connectivity index (χ1n) is 45.3. The van der Waals surface area contributed by atoms with Crippen LogP contribution in [0.1, 0.15) is 307 Å². The van der Waals surface area contributed by atoms with Crippen molar-refractivity contribution in [2.45, 2.75) is 291 Å². The van der Waals surface area contributed by atoms with Gasteiger partial charge in [0, 0.05) is 133 Å². The van der Waals surface area contributed by atoms with E-state index < -0.39 is 6.36 Å². The Kier molecular flexibility index (Phi) is 70.3. The van der Waals surface area contributed by atoms with Gasteiger partial charge in [-0.15, -0.1) is 29.3 Å². The van der Waals surface area contributed by atoms with Crippen LogP contribution in [-0.4, -0.2) is 121 Å². The Balaban J connectivity index is -0.000000663. The standard InChI is InChI=1S/C11H17NO2.C10H14FNO.C10H13F.C10H15NO.C10H15N.2C8H11NOS.C8H17NO.C8H15NO.C7H12N2O.C7H14O.C6H13NO/c1-8(2)7-9-11(14-4)10(13-3)5-6-12-9;1-7(2)10-5-4-9(6-12-10)13-8(3)11;1-8(2)7-9-5-3-4-6-10(9)11;1-8(2)6-9-4-5-11(3)10(12)7-9;1-8(2)9(3)10-4-6-11-7-5-10;2*1-5(2)8(10)7-4-9-6(3)11-7;1-7(2)5-6-8(10)9(3)4;1-4-5-9-8(10)6-7(2)3;1-5(2)4-7-8-6(3)9-10-7;1-6(2)4-5-7(3)8;1-4(2)5(3)6(7)8/h5-6,8H,7H2,1-4H3;4-8H,1-3H3;3-6,8H,7H2,1-2H3;4-5,7-8H,6H2,1-3H3;4-9H,1-3H3;2*4-5H,1-3H3;7H,5-6H2,1-4H3;4,7H,1,5-6H2,2-3H3,(H,9,10);5H,4H2,1-3H3;6H,4-5H2,1-3H3;4-5H,1-3H3,(H2,7,8). The fourth-order valence-corrected chi connectivity index (χ4v) is 11.8. The molecule has 129 heavy (non-hydrogen) atoms. The molecule has 1 aromatic carbocycles. The summed E-state index contributed by atoms with van der Waals surface area (Å²) in [6, 6.07) is 20.2. The summed E-state index contributed by atoms with van der Waals surface area (Å²) in [6.45, 7) is 66.5. The highest BCUT2D eigenvalue weighted by Gasteiger charge is 2.17. The lowest BCUT2D eigenvalue weighted by molar-refractivity contribution is -0.129. The minimum atomic E-state index is -1.29. The summed E-state index contributed by atoms with van der Waals surface area (Å²) in [5, 5.41) is 8.30. The summed E-state index contributed by atoms with van der Waals surface area (Å²) in [4.78, 5) is 104. The first kappa shape index (κ1) is 126. The van der Waals surface area contributed by atoms with Gasteiger partial charge in [0.1, 0.15) is 17.3 Å². The lowest BCUT2D eigenvalue weighted by atomic mass is 9.91. The van der Waals surface area contributed by atoms with E-state index in [0.29, 0.717) is 96.0 Å². The molecule has 726 valence electrons. The number of Topliss-reactive ketones (excluding diaryl/α,β-unsaturated/α-hetero) is 3. The van der Waals surface area contributed by atoms with Gasteiger partial charge in [-0.2, -0.15) is 4.98 Å². The maximum absolute atomic E-state index is 12.9. The number of carbonyl (C=O) groups is 6. The summed E-state index contributed by atoms with van der Waals surface area (Å²) in [6.07, 6.45) is 20.2. The number of rotatable bonds is 31. The number of hydrogen-bond acceptors (Lipinski definition) is 20. The van der Waals surface area contributed by atoms with Crippen LogP contribution in [-0.2, 0) is 51.9 Å². The minimum absolute atomic E-state index is 0.00926. The van der Waals surface area contributed by atoms with Crippen molar-refractivity contribution in [2.24, 2.45) is 83.8 Å². The van der Waals surface area contributed by atoms with Gasteiger partial charge in [-0.1, -0.05) is 209 Å². The Morgan fingerprint density at radius 3 is 1.48 bits per heavy atom. The molecule has 0 spiro atoms. The lowest BCUT2D eigenvalue weighted by Gasteiger charge is -2.14. The number of carbonyl (C=O) groups excluding carboxylic acids is 6. The number of halogens is 2. The molecule has 0 aliphatic rings. The fourth-order valence-electron chi connectivity index (χ4n) is 10.1. The maximum Gasteiger partial charge on any atom is 0.250 e. The molecule has 26 heteroatoms. The van der Waals surface area contributed by atoms with Crippen molar-refractivity contribution >= 4 is 57.7 Å². The third kappa shape index (κ3) is 66.5. The van der Waals surface area contributed by atoms with Crippen LogP contribution in [0.25, 0.3) is 0 Å². The first-order chi connectivity index (χ1) is 60.1. The summed E-state index contributed by atoms with van der Waals surface area (Å²) < 4.78 is 47.1. The number of nitrogens with one attached hydrogen (secondary N) is 1. The second kappa shape index (κ2) is 72.2. The summed E-state index contributed by atoms with van der Waals surface area (Å²) >= 11 is 2.93. The van der Waals surface area contributed by atoms with Gasteiger partial charge in [0.2, 0.25) is 30.0 Å². The average Bonchev–Trinajstić information content (AvgIpc) is 1.68. The zero-order valence-corrected chi connectivity index (χ0v) is 87.2. The van der Waals surface area contributed by atoms with Crippen molar-refractivity contribution in [2.75, 3.05) is 34.9 Å². The van der Waals surface area contributed by atoms with Crippen LogP contribution in [0.3, 0.4) is 0 Å². The number of aromatic nitrogens is 8. The summed E-state index contributed by atoms with van der Waals surface area (Å²) in [5.74, 6) is 10.4. The van der Waals surface area contributed by atoms with Crippen molar-refractivity contribution in [1.29, 1.82) is 0 Å². The molecule has 0 aliphatic heterocycles. The van der Waals surface area contributed by atoms with Gasteiger partial charge in [-0.25, -0.2) is 18.7 Å². The topological polar surface area (TPSA) is 297 Å². The monoisotopic (exact) mass is 1840 g/mol. The molecule has 7 aromatic heterocycles. The number of primary amides is 1. The predicted octanol–water partition coefficient (Wildman–Crippen LogP) is 24.4. The van der Waals surface area contributed by atoms with E-state index in [1.807, 2.05) is 132 Å². The van der Waals surface area contributed by atoms with Crippen LogP contribution in [0.15, 0.2) is 132 Å². The molecular weight excluding hydrogens is 1670 g/mol. The molecule has 8 rings (SSSR count). The predicted molar refractivity (Wildman–Crippen MR) is 531 cm³/mol. The zero-order valence-electron chi connectivity index (χ0n) is 85.6. The summed E-state index contributed by atoms with van der Waals surface area (Å²) in [7, 11) is 8.63. The number of thiazole rings is 2. The van der Waals surface area contributed by atoms with Crippen LogP contribution < -0.4 is 30.8 Å². The second-order valence-electron chi connectivity index (χ2n) is 36.2. The highest BCUT2D eigenvalue weighted by molar-refractivity contribution is 7.13. The lowest BCUT2D eigenvalue weighted by Crippen LogP contribution is -2.24. The van der Waals surface area contributed by atoms with E-state index in [2.05, 4.69) is 177 Å². The third-order valence-electron chi connectivity index (χ3n) is 18.2. The minimum Gasteiger partial charge on any atom is -0.493 e. The SMILES string of the molecule is C=CCNC(=O)CC(C)C.CC(=O)CCC(C)C.CC(C)C(C)C(N)=O.CC(C)C(C)c1ccncc1.CC(C)CCC(=O)N(C)C.CC(C)Cc1ccccc1F.CC(C)Cc1ccn(C)c(=O)c1.CC(F)Oc1ccc(C(C)C)nc1.COc1ccnc(CC(C)C)c1OC.Cc1ncc(C(=O)C(C)C)s1.Cc1ncc(C(=O)C(C)C)s1.Cc1noc(CC(C)C)n1. The van der Waals surface area contributed by atoms with E-state index in [0.717, 1.165) is 110 Å². The molecule has 3 N–H and O–H groups in total. The molecule has 0 bridgehead atoms.